The van der Waals surface area contributed by atoms with Gasteiger partial charge in [0.1, 0.15) is 0 Å². The molecule has 122 valence electrons. The van der Waals surface area contributed by atoms with Crippen LogP contribution < -0.4 is 0 Å². The Balaban J connectivity index is 1.83. The van der Waals surface area contributed by atoms with Gasteiger partial charge in [-0.05, 0) is 59.5 Å². The fourth-order valence-corrected chi connectivity index (χ4v) is 2.79. The van der Waals surface area contributed by atoms with Crippen molar-refractivity contribution in [2.75, 3.05) is 0 Å². The zero-order valence-corrected chi connectivity index (χ0v) is 15.8. The molecule has 0 saturated carbocycles. The number of hydrogen-bond donors (Lipinski definition) is 0. The average Bonchev–Trinajstić information content (AvgIpc) is 3.02. The van der Waals surface area contributed by atoms with E-state index < -0.39 is 0 Å². The molecule has 0 fully saturated rings. The second-order valence-electron chi connectivity index (χ2n) is 6.83. The van der Waals surface area contributed by atoms with Crippen LogP contribution in [0.2, 0.25) is 0 Å². The number of aliphatic imine (C=N–C) groups is 1. The van der Waals surface area contributed by atoms with Crippen LogP contribution in [0.25, 0.3) is 5.69 Å². The van der Waals surface area contributed by atoms with Crippen LogP contribution in [0, 0.1) is 0 Å². The minimum atomic E-state index is 0.165. The molecule has 0 aliphatic heterocycles. The first kappa shape index (κ1) is 16.7. The molecule has 2 aromatic carbocycles. The van der Waals surface area contributed by atoms with Crippen LogP contribution in [-0.4, -0.2) is 10.8 Å². The number of halogens is 1. The van der Waals surface area contributed by atoms with Crippen molar-refractivity contribution in [1.82, 2.24) is 4.57 Å². The van der Waals surface area contributed by atoms with Crippen molar-refractivity contribution in [3.8, 4) is 5.69 Å². The average molecular weight is 381 g/mol. The maximum Gasteiger partial charge on any atom is 0.0639 e. The molecule has 3 aromatic rings. The highest BCUT2D eigenvalue weighted by Gasteiger charge is 2.12. The van der Waals surface area contributed by atoms with E-state index in [1.807, 2.05) is 30.6 Å². The minimum Gasteiger partial charge on any atom is -0.316 e. The monoisotopic (exact) mass is 380 g/mol. The number of aromatic nitrogens is 1. The van der Waals surface area contributed by atoms with Crippen molar-refractivity contribution in [2.24, 2.45) is 4.99 Å². The van der Waals surface area contributed by atoms with Gasteiger partial charge >= 0.3 is 0 Å². The van der Waals surface area contributed by atoms with Gasteiger partial charge in [0.25, 0.3) is 0 Å². The molecule has 0 spiro atoms. The van der Waals surface area contributed by atoms with E-state index in [-0.39, 0.29) is 5.41 Å². The highest BCUT2D eigenvalue weighted by atomic mass is 79.9. The third-order valence-corrected chi connectivity index (χ3v) is 4.49. The molecule has 0 amide bonds. The summed E-state index contributed by atoms with van der Waals surface area (Å²) in [6, 6.07) is 20.8. The largest absolute Gasteiger partial charge is 0.316 e. The SMILES string of the molecule is CC(C)(C)c1ccc(N=Cc2cccn2-c2ccc(Br)cc2)cc1. The van der Waals surface area contributed by atoms with Gasteiger partial charge in [-0.3, -0.25) is 4.99 Å². The molecule has 3 heteroatoms. The van der Waals surface area contributed by atoms with Gasteiger partial charge in [-0.1, -0.05) is 48.8 Å². The number of rotatable bonds is 3. The Morgan fingerprint density at radius 3 is 2.21 bits per heavy atom. The lowest BCUT2D eigenvalue weighted by Gasteiger charge is -2.18. The molecule has 1 heterocycles. The van der Waals surface area contributed by atoms with Crippen LogP contribution in [-0.2, 0) is 5.41 Å². The lowest BCUT2D eigenvalue weighted by molar-refractivity contribution is 0.590. The summed E-state index contributed by atoms with van der Waals surface area (Å²) in [5, 5.41) is 0. The summed E-state index contributed by atoms with van der Waals surface area (Å²) < 4.78 is 3.20. The van der Waals surface area contributed by atoms with E-state index in [9.17, 15) is 0 Å². The van der Waals surface area contributed by atoms with Crippen LogP contribution >= 0.6 is 15.9 Å². The van der Waals surface area contributed by atoms with Gasteiger partial charge in [0, 0.05) is 16.4 Å². The molecule has 0 aliphatic carbocycles. The molecule has 0 unspecified atom stereocenters. The van der Waals surface area contributed by atoms with Crippen LogP contribution in [0.1, 0.15) is 32.0 Å². The van der Waals surface area contributed by atoms with E-state index >= 15 is 0 Å². The lowest BCUT2D eigenvalue weighted by Crippen LogP contribution is -2.10. The second-order valence-corrected chi connectivity index (χ2v) is 7.75. The maximum absolute atomic E-state index is 4.62. The summed E-state index contributed by atoms with van der Waals surface area (Å²) >= 11 is 3.47. The molecule has 24 heavy (non-hydrogen) atoms. The second kappa shape index (κ2) is 6.78. The maximum atomic E-state index is 4.62. The quantitative estimate of drug-likeness (QED) is 0.475. The normalized spacial score (nSPS) is 12.0. The Kier molecular flexibility index (Phi) is 4.72. The first-order valence-corrected chi connectivity index (χ1v) is 8.81. The van der Waals surface area contributed by atoms with E-state index in [1.54, 1.807) is 0 Å². The van der Waals surface area contributed by atoms with E-state index in [1.165, 1.54) is 5.56 Å². The van der Waals surface area contributed by atoms with Gasteiger partial charge in [0.15, 0.2) is 0 Å². The number of hydrogen-bond acceptors (Lipinski definition) is 1. The summed E-state index contributed by atoms with van der Waals surface area (Å²) in [7, 11) is 0. The van der Waals surface area contributed by atoms with Gasteiger partial charge in [-0.25, -0.2) is 0 Å². The molecular weight excluding hydrogens is 360 g/mol. The van der Waals surface area contributed by atoms with Crippen LogP contribution in [0.3, 0.4) is 0 Å². The summed E-state index contributed by atoms with van der Waals surface area (Å²) in [5.74, 6) is 0. The Morgan fingerprint density at radius 2 is 1.58 bits per heavy atom. The smallest absolute Gasteiger partial charge is 0.0639 e. The minimum absolute atomic E-state index is 0.165. The lowest BCUT2D eigenvalue weighted by atomic mass is 9.87. The molecule has 3 rings (SSSR count). The van der Waals surface area contributed by atoms with Crippen molar-refractivity contribution >= 4 is 27.8 Å². The van der Waals surface area contributed by atoms with Gasteiger partial charge in [-0.15, -0.1) is 0 Å². The first-order chi connectivity index (χ1) is 11.4. The van der Waals surface area contributed by atoms with Crippen molar-refractivity contribution in [3.63, 3.8) is 0 Å². The predicted molar refractivity (Wildman–Crippen MR) is 106 cm³/mol. The molecule has 0 radical (unpaired) electrons. The van der Waals surface area contributed by atoms with Gasteiger partial charge in [-0.2, -0.15) is 0 Å². The van der Waals surface area contributed by atoms with E-state index in [4.69, 9.17) is 0 Å². The summed E-state index contributed by atoms with van der Waals surface area (Å²) in [6.07, 6.45) is 3.96. The van der Waals surface area contributed by atoms with E-state index in [0.717, 1.165) is 21.5 Å². The molecule has 0 aliphatic rings. The number of nitrogens with zero attached hydrogens (tertiary/aromatic N) is 2. The fourth-order valence-electron chi connectivity index (χ4n) is 2.52. The highest BCUT2D eigenvalue weighted by molar-refractivity contribution is 9.10. The van der Waals surface area contributed by atoms with Crippen molar-refractivity contribution in [1.29, 1.82) is 0 Å². The molecule has 0 saturated heterocycles. The van der Waals surface area contributed by atoms with Gasteiger partial charge in [0.05, 0.1) is 17.6 Å². The van der Waals surface area contributed by atoms with Gasteiger partial charge in [0.2, 0.25) is 0 Å². The topological polar surface area (TPSA) is 17.3 Å². The summed E-state index contributed by atoms with van der Waals surface area (Å²) in [5.41, 5.74) is 4.62. The van der Waals surface area contributed by atoms with Crippen molar-refractivity contribution in [2.45, 2.75) is 26.2 Å². The Hall–Kier alpha value is -2.13. The predicted octanol–water partition coefficient (Wildman–Crippen LogP) is 6.29. The van der Waals surface area contributed by atoms with Gasteiger partial charge < -0.3 is 4.57 Å². The third kappa shape index (κ3) is 3.85. The Bertz CT molecular complexity index is 835. The van der Waals surface area contributed by atoms with Crippen LogP contribution in [0.4, 0.5) is 5.69 Å². The van der Waals surface area contributed by atoms with E-state index in [0.29, 0.717) is 0 Å². The summed E-state index contributed by atoms with van der Waals surface area (Å²) in [4.78, 5) is 4.62. The Labute approximate surface area is 152 Å². The summed E-state index contributed by atoms with van der Waals surface area (Å²) in [6.45, 7) is 6.66. The van der Waals surface area contributed by atoms with Crippen LogP contribution in [0.15, 0.2) is 76.3 Å². The molecule has 1 aromatic heterocycles. The standard InChI is InChI=1S/C21H21BrN2/c1-21(2,3)16-6-10-18(11-7-16)23-15-20-5-4-14-24(20)19-12-8-17(22)9-13-19/h4-15H,1-3H3. The zero-order chi connectivity index (χ0) is 17.2. The zero-order valence-electron chi connectivity index (χ0n) is 14.2. The molecule has 0 atom stereocenters. The molecular formula is C21H21BrN2. The van der Waals surface area contributed by atoms with Crippen molar-refractivity contribution < 1.29 is 0 Å². The highest BCUT2D eigenvalue weighted by Crippen LogP contribution is 2.24. The van der Waals surface area contributed by atoms with Crippen molar-refractivity contribution in [3.05, 3.63) is 82.6 Å². The Morgan fingerprint density at radius 1 is 0.917 bits per heavy atom. The fraction of sp³-hybridized carbons (Fsp3) is 0.190. The number of benzene rings is 2. The first-order valence-electron chi connectivity index (χ1n) is 8.01. The molecule has 2 nitrogen and oxygen atoms in total. The molecule has 0 N–H and O–H groups in total. The molecule has 0 bridgehead atoms. The van der Waals surface area contributed by atoms with Crippen LogP contribution in [0.5, 0.6) is 0 Å². The third-order valence-electron chi connectivity index (χ3n) is 3.96. The van der Waals surface area contributed by atoms with E-state index in [2.05, 4.69) is 88.7 Å².